The van der Waals surface area contributed by atoms with Crippen LogP contribution in [-0.4, -0.2) is 70.1 Å². The Hall–Kier alpha value is -5.02. The highest BCUT2D eigenvalue weighted by molar-refractivity contribution is 6.00. The lowest BCUT2D eigenvalue weighted by molar-refractivity contribution is -0.265. The zero-order chi connectivity index (χ0) is 35.3. The quantitative estimate of drug-likeness (QED) is 0.171. The monoisotopic (exact) mass is 684 g/mol. The molecular weight excluding hydrogens is 652 g/mol. The van der Waals surface area contributed by atoms with Gasteiger partial charge in [0.15, 0.2) is 0 Å². The number of aliphatic hydroxyl groups is 2. The Bertz CT molecular complexity index is 1930. The molecule has 11 nitrogen and oxygen atoms in total. The molecule has 0 saturated heterocycles. The molecule has 2 aromatic heterocycles. The van der Waals surface area contributed by atoms with Crippen LogP contribution in [0.2, 0.25) is 0 Å². The van der Waals surface area contributed by atoms with Crippen LogP contribution in [0.3, 0.4) is 0 Å². The number of aromatic nitrogens is 2. The summed E-state index contributed by atoms with van der Waals surface area (Å²) in [6.45, 7) is 1.23. The Morgan fingerprint density at radius 1 is 1.12 bits per heavy atom. The van der Waals surface area contributed by atoms with Crippen LogP contribution in [0.15, 0.2) is 54.6 Å². The molecule has 4 aromatic rings. The summed E-state index contributed by atoms with van der Waals surface area (Å²) in [6.07, 6.45) is -4.73. The van der Waals surface area contributed by atoms with Crippen molar-refractivity contribution in [3.05, 3.63) is 77.2 Å². The number of carbonyl (C=O) groups is 2. The standard InChI is InChI=1S/C34H32F4N4O7/c1-17(43)14-47-26-10-5-19-11-20(12-24(27(19)42-26)49-22-8-9-22)30(44)40-15-33(46,34(36,37)38)25-13-23-29(48-16-32(23,2)31(39)45)28(41-25)18-3-6-21(35)7-4-18/h3-7,10-13,17,22,43,46H,8-9,14-16H2,1-2H3,(H2,39,45)(H,40,44)/t17-,32+,33+/m1/s1. The number of rotatable bonds is 11. The number of nitrogens with zero attached hydrogens (tertiary/aromatic N) is 2. The van der Waals surface area contributed by atoms with Gasteiger partial charge in [-0.3, -0.25) is 9.59 Å². The fourth-order valence-electron chi connectivity index (χ4n) is 5.31. The molecule has 5 N–H and O–H groups in total. The van der Waals surface area contributed by atoms with Gasteiger partial charge >= 0.3 is 6.18 Å². The molecule has 2 amide bonds. The summed E-state index contributed by atoms with van der Waals surface area (Å²) in [5.41, 5.74) is -0.506. The molecule has 258 valence electrons. The number of hydrogen-bond donors (Lipinski definition) is 4. The van der Waals surface area contributed by atoms with Crippen LogP contribution >= 0.6 is 0 Å². The maximum atomic E-state index is 14.8. The van der Waals surface area contributed by atoms with Gasteiger partial charge in [0.05, 0.1) is 24.4 Å². The van der Waals surface area contributed by atoms with E-state index in [0.29, 0.717) is 10.9 Å². The SMILES string of the molecule is C[C@@H](O)COc1ccc2cc(C(=O)NC[C@](O)(c3cc4c(c(-c5ccc(F)cc5)n3)OC[C@]4(C)C(N)=O)C(F)(F)F)cc(OC3CC3)c2n1. The molecule has 3 heterocycles. The highest BCUT2D eigenvalue weighted by Gasteiger charge is 2.57. The van der Waals surface area contributed by atoms with E-state index in [2.05, 4.69) is 15.3 Å². The number of ether oxygens (including phenoxy) is 3. The minimum absolute atomic E-state index is 0.0147. The van der Waals surface area contributed by atoms with Gasteiger partial charge in [0.25, 0.3) is 5.91 Å². The molecule has 6 rings (SSSR count). The van der Waals surface area contributed by atoms with E-state index in [1.165, 1.54) is 37.3 Å². The maximum absolute atomic E-state index is 14.8. The predicted molar refractivity (Wildman–Crippen MR) is 167 cm³/mol. The van der Waals surface area contributed by atoms with Crippen LogP contribution in [0.25, 0.3) is 22.2 Å². The van der Waals surface area contributed by atoms with Gasteiger partial charge in [-0.2, -0.15) is 13.2 Å². The van der Waals surface area contributed by atoms with Gasteiger partial charge in [-0.25, -0.2) is 14.4 Å². The topological polar surface area (TPSA) is 166 Å². The molecule has 1 aliphatic carbocycles. The van der Waals surface area contributed by atoms with Crippen molar-refractivity contribution in [1.29, 1.82) is 0 Å². The van der Waals surface area contributed by atoms with Crippen LogP contribution < -0.4 is 25.3 Å². The number of alkyl halides is 3. The average molecular weight is 685 g/mol. The number of aliphatic hydroxyl groups excluding tert-OH is 1. The van der Waals surface area contributed by atoms with E-state index in [4.69, 9.17) is 19.9 Å². The zero-order valence-corrected chi connectivity index (χ0v) is 26.3. The highest BCUT2D eigenvalue weighted by atomic mass is 19.4. The molecule has 1 aliphatic heterocycles. The highest BCUT2D eigenvalue weighted by Crippen LogP contribution is 2.47. The molecule has 2 aromatic carbocycles. The Morgan fingerprint density at radius 3 is 2.47 bits per heavy atom. The third kappa shape index (κ3) is 6.55. The summed E-state index contributed by atoms with van der Waals surface area (Å²) < 4.78 is 75.4. The van der Waals surface area contributed by atoms with Gasteiger partial charge in [0.1, 0.15) is 47.2 Å². The number of fused-ring (bicyclic) bond motifs is 2. The van der Waals surface area contributed by atoms with Gasteiger partial charge in [0, 0.05) is 28.1 Å². The smallest absolute Gasteiger partial charge is 0.424 e. The second-order valence-corrected chi connectivity index (χ2v) is 12.4. The number of nitrogens with one attached hydrogen (secondary N) is 1. The van der Waals surface area contributed by atoms with Crippen molar-refractivity contribution in [3.63, 3.8) is 0 Å². The van der Waals surface area contributed by atoms with Crippen molar-refractivity contribution in [2.75, 3.05) is 19.8 Å². The molecule has 1 fully saturated rings. The Labute approximate surface area is 277 Å². The molecule has 2 aliphatic rings. The summed E-state index contributed by atoms with van der Waals surface area (Å²) in [5, 5.41) is 23.5. The zero-order valence-electron chi connectivity index (χ0n) is 26.3. The van der Waals surface area contributed by atoms with E-state index >= 15 is 0 Å². The third-order valence-corrected chi connectivity index (χ3v) is 8.42. The third-order valence-electron chi connectivity index (χ3n) is 8.42. The predicted octanol–water partition coefficient (Wildman–Crippen LogP) is 4.05. The van der Waals surface area contributed by atoms with Crippen molar-refractivity contribution >= 4 is 22.7 Å². The van der Waals surface area contributed by atoms with Crippen LogP contribution in [0.5, 0.6) is 17.4 Å². The lowest BCUT2D eigenvalue weighted by Crippen LogP contribution is -2.51. The molecule has 1 saturated carbocycles. The van der Waals surface area contributed by atoms with Crippen molar-refractivity contribution in [1.82, 2.24) is 15.3 Å². The van der Waals surface area contributed by atoms with Gasteiger partial charge in [0.2, 0.25) is 17.4 Å². The second-order valence-electron chi connectivity index (χ2n) is 12.4. The van der Waals surface area contributed by atoms with Crippen molar-refractivity contribution in [2.45, 2.75) is 56.1 Å². The number of pyridine rings is 2. The molecule has 15 heteroatoms. The fourth-order valence-corrected chi connectivity index (χ4v) is 5.31. The molecule has 0 unspecified atom stereocenters. The van der Waals surface area contributed by atoms with Gasteiger partial charge < -0.3 is 35.5 Å². The first-order valence-electron chi connectivity index (χ1n) is 15.3. The minimum Gasteiger partial charge on any atom is -0.489 e. The summed E-state index contributed by atoms with van der Waals surface area (Å²) in [6, 6.07) is 11.4. The number of halogens is 4. The number of amides is 2. The number of nitrogens with two attached hydrogens (primary N) is 1. The van der Waals surface area contributed by atoms with E-state index in [1.807, 2.05) is 0 Å². The molecule has 49 heavy (non-hydrogen) atoms. The van der Waals surface area contributed by atoms with Crippen LogP contribution in [-0.2, 0) is 15.8 Å². The van der Waals surface area contributed by atoms with Crippen LogP contribution in [0, 0.1) is 5.82 Å². The lowest BCUT2D eigenvalue weighted by atomic mass is 9.81. The van der Waals surface area contributed by atoms with Crippen molar-refractivity contribution in [3.8, 4) is 28.6 Å². The number of carbonyl (C=O) groups excluding carboxylic acids is 2. The van der Waals surface area contributed by atoms with Gasteiger partial charge in [-0.05, 0) is 75.2 Å². The Balaban J connectivity index is 1.37. The summed E-state index contributed by atoms with van der Waals surface area (Å²) in [5.74, 6) is -2.12. The average Bonchev–Trinajstić information content (AvgIpc) is 3.81. The summed E-state index contributed by atoms with van der Waals surface area (Å²) in [4.78, 5) is 34.4. The minimum atomic E-state index is -5.39. The molecule has 0 radical (unpaired) electrons. The summed E-state index contributed by atoms with van der Waals surface area (Å²) in [7, 11) is 0. The van der Waals surface area contributed by atoms with E-state index in [0.717, 1.165) is 31.0 Å². The van der Waals surface area contributed by atoms with E-state index in [1.54, 1.807) is 13.0 Å². The molecule has 3 atom stereocenters. The number of benzene rings is 2. The van der Waals surface area contributed by atoms with Gasteiger partial charge in [-0.15, -0.1) is 0 Å². The maximum Gasteiger partial charge on any atom is 0.424 e. The fraction of sp³-hybridized carbons (Fsp3) is 0.353. The molecule has 0 spiro atoms. The lowest BCUT2D eigenvalue weighted by Gasteiger charge is -2.31. The largest absolute Gasteiger partial charge is 0.489 e. The first-order chi connectivity index (χ1) is 23.1. The van der Waals surface area contributed by atoms with Gasteiger partial charge in [-0.1, -0.05) is 0 Å². The second kappa shape index (κ2) is 12.5. The molecular formula is C34H32F4N4O7. The number of hydrogen-bond acceptors (Lipinski definition) is 9. The van der Waals surface area contributed by atoms with E-state index in [-0.39, 0.29) is 59.1 Å². The normalized spacial score (nSPS) is 19.0. The first kappa shape index (κ1) is 33.9. The van der Waals surface area contributed by atoms with Crippen molar-refractivity contribution in [2.24, 2.45) is 5.73 Å². The summed E-state index contributed by atoms with van der Waals surface area (Å²) >= 11 is 0. The Morgan fingerprint density at radius 2 is 1.84 bits per heavy atom. The van der Waals surface area contributed by atoms with Crippen LogP contribution in [0.1, 0.15) is 48.3 Å². The Kier molecular flexibility index (Phi) is 8.61. The number of primary amides is 1. The van der Waals surface area contributed by atoms with E-state index in [9.17, 15) is 37.4 Å². The van der Waals surface area contributed by atoms with Crippen LogP contribution in [0.4, 0.5) is 17.6 Å². The molecule has 0 bridgehead atoms. The first-order valence-corrected chi connectivity index (χ1v) is 15.3. The van der Waals surface area contributed by atoms with E-state index < -0.39 is 53.2 Å². The van der Waals surface area contributed by atoms with Crippen molar-refractivity contribution < 1.29 is 51.6 Å².